The molecule has 0 aliphatic heterocycles. The molecular formula is C26H24N2O4. The van der Waals surface area contributed by atoms with E-state index in [0.717, 1.165) is 33.6 Å². The lowest BCUT2D eigenvalue weighted by molar-refractivity contribution is 0.0988. The van der Waals surface area contributed by atoms with Crippen LogP contribution in [0.15, 0.2) is 69.5 Å². The summed E-state index contributed by atoms with van der Waals surface area (Å²) < 4.78 is 10.8. The SMILES string of the molecule is Cc1ccc(C(=O)Nc2ccc(-c3ccc(NC(=O)c4ccc(C)o4)c(C)c3)cc2C)o1. The third-order valence-electron chi connectivity index (χ3n) is 5.21. The maximum absolute atomic E-state index is 12.4. The number of anilines is 2. The summed E-state index contributed by atoms with van der Waals surface area (Å²) in [7, 11) is 0. The summed E-state index contributed by atoms with van der Waals surface area (Å²) in [5, 5.41) is 5.78. The Morgan fingerprint density at radius 1 is 0.594 bits per heavy atom. The summed E-state index contributed by atoms with van der Waals surface area (Å²) >= 11 is 0. The second-order valence-electron chi connectivity index (χ2n) is 7.79. The number of rotatable bonds is 5. The molecule has 2 N–H and O–H groups in total. The Labute approximate surface area is 186 Å². The molecule has 6 nitrogen and oxygen atoms in total. The van der Waals surface area contributed by atoms with Gasteiger partial charge in [0.1, 0.15) is 11.5 Å². The van der Waals surface area contributed by atoms with Crippen LogP contribution in [0, 0.1) is 27.7 Å². The molecule has 0 aliphatic rings. The molecule has 0 unspecified atom stereocenters. The molecule has 2 heterocycles. The van der Waals surface area contributed by atoms with E-state index in [1.165, 1.54) is 0 Å². The number of hydrogen-bond acceptors (Lipinski definition) is 4. The van der Waals surface area contributed by atoms with Crippen LogP contribution >= 0.6 is 0 Å². The number of nitrogens with one attached hydrogen (secondary N) is 2. The van der Waals surface area contributed by atoms with Crippen LogP contribution in [0.1, 0.15) is 43.8 Å². The number of hydrogen-bond donors (Lipinski definition) is 2. The quantitative estimate of drug-likeness (QED) is 0.392. The number of carbonyl (C=O) groups is 2. The highest BCUT2D eigenvalue weighted by atomic mass is 16.4. The van der Waals surface area contributed by atoms with Crippen molar-refractivity contribution in [2.75, 3.05) is 10.6 Å². The molecular weight excluding hydrogens is 404 g/mol. The Balaban J connectivity index is 1.50. The van der Waals surface area contributed by atoms with E-state index in [1.54, 1.807) is 38.1 Å². The van der Waals surface area contributed by atoms with E-state index < -0.39 is 0 Å². The third kappa shape index (κ3) is 4.49. The van der Waals surface area contributed by atoms with E-state index in [0.29, 0.717) is 11.5 Å². The van der Waals surface area contributed by atoms with E-state index >= 15 is 0 Å². The molecule has 6 heteroatoms. The van der Waals surface area contributed by atoms with Crippen molar-refractivity contribution in [2.24, 2.45) is 0 Å². The molecule has 4 aromatic rings. The fraction of sp³-hybridized carbons (Fsp3) is 0.154. The predicted molar refractivity (Wildman–Crippen MR) is 124 cm³/mol. The van der Waals surface area contributed by atoms with Gasteiger partial charge in [-0.25, -0.2) is 0 Å². The fourth-order valence-corrected chi connectivity index (χ4v) is 3.45. The number of carbonyl (C=O) groups excluding carboxylic acids is 2. The summed E-state index contributed by atoms with van der Waals surface area (Å²) in [5.41, 5.74) is 5.34. The molecule has 32 heavy (non-hydrogen) atoms. The highest BCUT2D eigenvalue weighted by Gasteiger charge is 2.14. The second kappa shape index (κ2) is 8.59. The van der Waals surface area contributed by atoms with Crippen LogP contribution in [-0.2, 0) is 0 Å². The highest BCUT2D eigenvalue weighted by Crippen LogP contribution is 2.28. The summed E-state index contributed by atoms with van der Waals surface area (Å²) in [5.74, 6) is 1.38. The van der Waals surface area contributed by atoms with Crippen molar-refractivity contribution in [3.05, 3.63) is 94.8 Å². The van der Waals surface area contributed by atoms with Gasteiger partial charge >= 0.3 is 0 Å². The number of amides is 2. The van der Waals surface area contributed by atoms with Crippen LogP contribution in [0.2, 0.25) is 0 Å². The van der Waals surface area contributed by atoms with Gasteiger partial charge in [0, 0.05) is 11.4 Å². The molecule has 4 rings (SSSR count). The van der Waals surface area contributed by atoms with E-state index in [9.17, 15) is 9.59 Å². The van der Waals surface area contributed by atoms with Crippen LogP contribution in [0.4, 0.5) is 11.4 Å². The van der Waals surface area contributed by atoms with E-state index in [1.807, 2.05) is 50.2 Å². The van der Waals surface area contributed by atoms with Crippen molar-refractivity contribution in [3.8, 4) is 11.1 Å². The lowest BCUT2D eigenvalue weighted by atomic mass is 10.00. The summed E-state index contributed by atoms with van der Waals surface area (Å²) in [6, 6.07) is 18.5. The van der Waals surface area contributed by atoms with Gasteiger partial charge in [-0.3, -0.25) is 9.59 Å². The van der Waals surface area contributed by atoms with Crippen molar-refractivity contribution < 1.29 is 18.4 Å². The minimum Gasteiger partial charge on any atom is -0.456 e. The van der Waals surface area contributed by atoms with Crippen molar-refractivity contribution in [1.82, 2.24) is 0 Å². The molecule has 2 aromatic carbocycles. The molecule has 0 saturated heterocycles. The number of furan rings is 2. The van der Waals surface area contributed by atoms with Gasteiger partial charge in [0.15, 0.2) is 11.5 Å². The van der Waals surface area contributed by atoms with E-state index in [4.69, 9.17) is 8.83 Å². The maximum Gasteiger partial charge on any atom is 0.291 e. The smallest absolute Gasteiger partial charge is 0.291 e. The van der Waals surface area contributed by atoms with Gasteiger partial charge in [-0.1, -0.05) is 12.1 Å². The Bertz CT molecular complexity index is 1210. The van der Waals surface area contributed by atoms with Gasteiger partial charge in [-0.2, -0.15) is 0 Å². The average molecular weight is 428 g/mol. The molecule has 0 aliphatic carbocycles. The number of benzene rings is 2. The van der Waals surface area contributed by atoms with E-state index in [-0.39, 0.29) is 23.3 Å². The van der Waals surface area contributed by atoms with Gasteiger partial charge in [-0.05, 0) is 98.5 Å². The second-order valence-corrected chi connectivity index (χ2v) is 7.79. The zero-order valence-corrected chi connectivity index (χ0v) is 18.4. The first-order valence-corrected chi connectivity index (χ1v) is 10.3. The van der Waals surface area contributed by atoms with Gasteiger partial charge in [0.05, 0.1) is 0 Å². The van der Waals surface area contributed by atoms with Crippen LogP contribution in [0.25, 0.3) is 11.1 Å². The zero-order chi connectivity index (χ0) is 22.8. The first kappa shape index (κ1) is 21.2. The summed E-state index contributed by atoms with van der Waals surface area (Å²) in [6.45, 7) is 7.49. The Morgan fingerprint density at radius 2 is 1.00 bits per heavy atom. The van der Waals surface area contributed by atoms with Gasteiger partial charge in [0.2, 0.25) is 0 Å². The van der Waals surface area contributed by atoms with Crippen LogP contribution in [-0.4, -0.2) is 11.8 Å². The maximum atomic E-state index is 12.4. The first-order chi connectivity index (χ1) is 15.3. The molecule has 2 aromatic heterocycles. The third-order valence-corrected chi connectivity index (χ3v) is 5.21. The minimum atomic E-state index is -0.281. The minimum absolute atomic E-state index is 0.281. The van der Waals surface area contributed by atoms with E-state index in [2.05, 4.69) is 10.6 Å². The van der Waals surface area contributed by atoms with Crippen molar-refractivity contribution in [3.63, 3.8) is 0 Å². The highest BCUT2D eigenvalue weighted by molar-refractivity contribution is 6.03. The van der Waals surface area contributed by atoms with Crippen molar-refractivity contribution >= 4 is 23.2 Å². The van der Waals surface area contributed by atoms with Crippen LogP contribution in [0.5, 0.6) is 0 Å². The van der Waals surface area contributed by atoms with Gasteiger partial charge < -0.3 is 19.5 Å². The van der Waals surface area contributed by atoms with Gasteiger partial charge in [-0.15, -0.1) is 0 Å². The molecule has 0 bridgehead atoms. The molecule has 2 amide bonds. The predicted octanol–water partition coefficient (Wildman–Crippen LogP) is 6.28. The molecule has 0 atom stereocenters. The Morgan fingerprint density at radius 3 is 1.31 bits per heavy atom. The van der Waals surface area contributed by atoms with Crippen molar-refractivity contribution in [2.45, 2.75) is 27.7 Å². The number of aryl methyl sites for hydroxylation is 4. The van der Waals surface area contributed by atoms with Crippen LogP contribution in [0.3, 0.4) is 0 Å². The topological polar surface area (TPSA) is 84.5 Å². The first-order valence-electron chi connectivity index (χ1n) is 10.3. The van der Waals surface area contributed by atoms with Gasteiger partial charge in [0.25, 0.3) is 11.8 Å². The Kier molecular flexibility index (Phi) is 5.69. The standard InChI is InChI=1S/C26H24N2O4/c1-15-13-19(7-9-21(15)27-25(29)23-11-5-17(3)31-23)20-8-10-22(16(2)14-20)28-26(30)24-12-6-18(4)32-24/h5-14H,1-4H3,(H,27,29)(H,28,30). The molecule has 0 spiro atoms. The monoisotopic (exact) mass is 428 g/mol. The summed E-state index contributed by atoms with van der Waals surface area (Å²) in [6.07, 6.45) is 0. The Hall–Kier alpha value is -4.06. The van der Waals surface area contributed by atoms with Crippen LogP contribution < -0.4 is 10.6 Å². The van der Waals surface area contributed by atoms with Crippen molar-refractivity contribution in [1.29, 1.82) is 0 Å². The zero-order valence-electron chi connectivity index (χ0n) is 18.4. The molecule has 0 radical (unpaired) electrons. The molecule has 0 fully saturated rings. The normalized spacial score (nSPS) is 10.8. The molecule has 162 valence electrons. The lowest BCUT2D eigenvalue weighted by Crippen LogP contribution is -2.12. The largest absolute Gasteiger partial charge is 0.456 e. The molecule has 0 saturated carbocycles. The fourth-order valence-electron chi connectivity index (χ4n) is 3.45. The summed E-state index contributed by atoms with van der Waals surface area (Å²) in [4.78, 5) is 24.7. The average Bonchev–Trinajstić information content (AvgIpc) is 3.39. The lowest BCUT2D eigenvalue weighted by Gasteiger charge is -2.12.